The van der Waals surface area contributed by atoms with Crippen molar-refractivity contribution in [1.29, 1.82) is 0 Å². The number of ether oxygens (including phenoxy) is 1. The summed E-state index contributed by atoms with van der Waals surface area (Å²) >= 11 is 0. The standard InChI is InChI=1S/C28H40N4O4/c1-5-6-14-31-28(35)36-23-16-19(2)24(20(3)17-23)18-25(29)27(34)32(21(4)26(30)33)15-10-13-22-11-8-7-9-12-22/h7-9,11-12,16-17,21,25H,5-6,10,13-15,18,29H2,1-4H3,(H2,30,33)(H,31,35)/t21-,25+/m1/s1. The van der Waals surface area contributed by atoms with E-state index < -0.39 is 24.1 Å². The Morgan fingerprint density at radius 2 is 1.69 bits per heavy atom. The molecule has 2 atom stereocenters. The van der Waals surface area contributed by atoms with Crippen molar-refractivity contribution in [2.75, 3.05) is 13.1 Å². The Morgan fingerprint density at radius 1 is 1.06 bits per heavy atom. The Balaban J connectivity index is 2.07. The van der Waals surface area contributed by atoms with Crippen LogP contribution in [0.1, 0.15) is 55.4 Å². The highest BCUT2D eigenvalue weighted by atomic mass is 16.6. The summed E-state index contributed by atoms with van der Waals surface area (Å²) in [4.78, 5) is 38.7. The Morgan fingerprint density at radius 3 is 2.28 bits per heavy atom. The van der Waals surface area contributed by atoms with Gasteiger partial charge >= 0.3 is 6.09 Å². The van der Waals surface area contributed by atoms with Crippen LogP contribution >= 0.6 is 0 Å². The van der Waals surface area contributed by atoms with Crippen LogP contribution in [-0.4, -0.2) is 48.0 Å². The highest BCUT2D eigenvalue weighted by Gasteiger charge is 2.28. The molecular weight excluding hydrogens is 456 g/mol. The van der Waals surface area contributed by atoms with E-state index in [1.54, 1.807) is 19.1 Å². The summed E-state index contributed by atoms with van der Waals surface area (Å²) in [6.45, 7) is 8.41. The van der Waals surface area contributed by atoms with Crippen LogP contribution in [0.4, 0.5) is 4.79 Å². The molecule has 0 aliphatic carbocycles. The first-order chi connectivity index (χ1) is 17.1. The largest absolute Gasteiger partial charge is 0.412 e. The van der Waals surface area contributed by atoms with Gasteiger partial charge in [-0.05, 0) is 80.8 Å². The average Bonchev–Trinajstić information content (AvgIpc) is 2.84. The normalized spacial score (nSPS) is 12.5. The van der Waals surface area contributed by atoms with E-state index in [1.165, 1.54) is 4.90 Å². The molecule has 0 spiro atoms. The van der Waals surface area contributed by atoms with Gasteiger partial charge in [0.2, 0.25) is 11.8 Å². The summed E-state index contributed by atoms with van der Waals surface area (Å²) in [5, 5.41) is 2.72. The lowest BCUT2D eigenvalue weighted by atomic mass is 9.95. The van der Waals surface area contributed by atoms with Gasteiger partial charge in [0.1, 0.15) is 11.8 Å². The third-order valence-electron chi connectivity index (χ3n) is 6.29. The number of primary amides is 1. The number of unbranched alkanes of at least 4 members (excludes halogenated alkanes) is 1. The van der Waals surface area contributed by atoms with Gasteiger partial charge in [-0.3, -0.25) is 9.59 Å². The molecule has 36 heavy (non-hydrogen) atoms. The van der Waals surface area contributed by atoms with Crippen LogP contribution < -0.4 is 21.5 Å². The molecule has 0 saturated carbocycles. The lowest BCUT2D eigenvalue weighted by Gasteiger charge is -2.30. The molecule has 0 fully saturated rings. The van der Waals surface area contributed by atoms with Crippen molar-refractivity contribution in [3.8, 4) is 5.75 Å². The van der Waals surface area contributed by atoms with E-state index in [0.29, 0.717) is 31.7 Å². The maximum Gasteiger partial charge on any atom is 0.412 e. The highest BCUT2D eigenvalue weighted by molar-refractivity contribution is 5.89. The second-order valence-corrected chi connectivity index (χ2v) is 9.22. The van der Waals surface area contributed by atoms with E-state index in [2.05, 4.69) is 5.32 Å². The number of carbonyl (C=O) groups excluding carboxylic acids is 3. The van der Waals surface area contributed by atoms with Crippen molar-refractivity contribution in [1.82, 2.24) is 10.2 Å². The van der Waals surface area contributed by atoms with E-state index in [-0.39, 0.29) is 5.91 Å². The van der Waals surface area contributed by atoms with Gasteiger partial charge in [-0.2, -0.15) is 0 Å². The first-order valence-corrected chi connectivity index (χ1v) is 12.6. The maximum absolute atomic E-state index is 13.3. The molecule has 0 aliphatic rings. The topological polar surface area (TPSA) is 128 Å². The Kier molecular flexibility index (Phi) is 11.4. The number of rotatable bonds is 13. The van der Waals surface area contributed by atoms with Gasteiger partial charge in [-0.1, -0.05) is 43.7 Å². The third kappa shape index (κ3) is 8.68. The molecule has 0 aromatic heterocycles. The van der Waals surface area contributed by atoms with Gasteiger partial charge in [-0.25, -0.2) is 4.79 Å². The second-order valence-electron chi connectivity index (χ2n) is 9.22. The van der Waals surface area contributed by atoms with Crippen molar-refractivity contribution >= 4 is 17.9 Å². The summed E-state index contributed by atoms with van der Waals surface area (Å²) in [7, 11) is 0. The number of hydrogen-bond donors (Lipinski definition) is 3. The molecule has 2 aromatic carbocycles. The Bertz CT molecular complexity index is 1000. The molecular formula is C28H40N4O4. The minimum absolute atomic E-state index is 0.292. The molecule has 2 aromatic rings. The fraction of sp³-hybridized carbons (Fsp3) is 0.464. The smallest absolute Gasteiger partial charge is 0.410 e. The van der Waals surface area contributed by atoms with Crippen LogP contribution in [0.2, 0.25) is 0 Å². The Hall–Kier alpha value is -3.39. The number of nitrogens with zero attached hydrogens (tertiary/aromatic N) is 1. The zero-order chi connectivity index (χ0) is 26.7. The van der Waals surface area contributed by atoms with Crippen LogP contribution in [0.25, 0.3) is 0 Å². The van der Waals surface area contributed by atoms with E-state index in [0.717, 1.165) is 41.5 Å². The first-order valence-electron chi connectivity index (χ1n) is 12.6. The lowest BCUT2D eigenvalue weighted by Crippen LogP contribution is -2.53. The third-order valence-corrected chi connectivity index (χ3v) is 6.29. The van der Waals surface area contributed by atoms with Crippen LogP contribution in [0.5, 0.6) is 5.75 Å². The van der Waals surface area contributed by atoms with E-state index in [4.69, 9.17) is 16.2 Å². The Labute approximate surface area is 214 Å². The van der Waals surface area contributed by atoms with Crippen LogP contribution in [0.15, 0.2) is 42.5 Å². The summed E-state index contributed by atoms with van der Waals surface area (Å²) in [6.07, 6.45) is 3.13. The molecule has 0 unspecified atom stereocenters. The van der Waals surface area contributed by atoms with Gasteiger partial charge < -0.3 is 26.4 Å². The van der Waals surface area contributed by atoms with Gasteiger partial charge in [0.25, 0.3) is 0 Å². The molecule has 196 valence electrons. The van der Waals surface area contributed by atoms with E-state index >= 15 is 0 Å². The molecule has 2 rings (SSSR count). The monoisotopic (exact) mass is 496 g/mol. The number of nitrogens with two attached hydrogens (primary N) is 2. The fourth-order valence-corrected chi connectivity index (χ4v) is 4.11. The predicted molar refractivity (Wildman–Crippen MR) is 142 cm³/mol. The van der Waals surface area contributed by atoms with Crippen molar-refractivity contribution in [3.63, 3.8) is 0 Å². The molecule has 5 N–H and O–H groups in total. The average molecular weight is 497 g/mol. The van der Waals surface area contributed by atoms with Gasteiger partial charge in [0.05, 0.1) is 6.04 Å². The minimum Gasteiger partial charge on any atom is -0.410 e. The van der Waals surface area contributed by atoms with E-state index in [1.807, 2.05) is 51.1 Å². The lowest BCUT2D eigenvalue weighted by molar-refractivity contribution is -0.139. The van der Waals surface area contributed by atoms with Crippen molar-refractivity contribution in [2.45, 2.75) is 71.9 Å². The van der Waals surface area contributed by atoms with E-state index in [9.17, 15) is 14.4 Å². The molecule has 0 radical (unpaired) electrons. The molecule has 3 amide bonds. The SMILES string of the molecule is CCCCNC(=O)Oc1cc(C)c(C[C@H](N)C(=O)N(CCCc2ccccc2)[C@H](C)C(N)=O)c(C)c1. The molecule has 0 aliphatic heterocycles. The number of amides is 3. The first kappa shape index (κ1) is 28.8. The van der Waals surface area contributed by atoms with Gasteiger partial charge in [0.15, 0.2) is 0 Å². The molecule has 8 heteroatoms. The molecule has 0 bridgehead atoms. The van der Waals surface area contributed by atoms with Crippen LogP contribution in [0, 0.1) is 13.8 Å². The second kappa shape index (κ2) is 14.2. The van der Waals surface area contributed by atoms with Gasteiger partial charge in [0, 0.05) is 13.1 Å². The summed E-state index contributed by atoms with van der Waals surface area (Å²) in [6, 6.07) is 11.9. The molecule has 8 nitrogen and oxygen atoms in total. The van der Waals surface area contributed by atoms with Crippen LogP contribution in [0.3, 0.4) is 0 Å². The fourth-order valence-electron chi connectivity index (χ4n) is 4.11. The van der Waals surface area contributed by atoms with Crippen LogP contribution in [-0.2, 0) is 22.4 Å². The number of benzene rings is 2. The number of nitrogens with one attached hydrogen (secondary N) is 1. The molecule has 0 heterocycles. The summed E-state index contributed by atoms with van der Waals surface area (Å²) in [5.41, 5.74) is 15.7. The maximum atomic E-state index is 13.3. The number of carbonyl (C=O) groups is 3. The zero-order valence-corrected chi connectivity index (χ0v) is 21.9. The van der Waals surface area contributed by atoms with Crippen molar-refractivity contribution < 1.29 is 19.1 Å². The zero-order valence-electron chi connectivity index (χ0n) is 21.9. The minimum atomic E-state index is -0.843. The predicted octanol–water partition coefficient (Wildman–Crippen LogP) is 3.40. The summed E-state index contributed by atoms with van der Waals surface area (Å²) < 4.78 is 5.40. The summed E-state index contributed by atoms with van der Waals surface area (Å²) in [5.74, 6) is -0.447. The number of hydrogen-bond acceptors (Lipinski definition) is 5. The molecule has 0 saturated heterocycles. The number of aryl methyl sites for hydroxylation is 3. The van der Waals surface area contributed by atoms with Crippen molar-refractivity contribution in [2.24, 2.45) is 11.5 Å². The van der Waals surface area contributed by atoms with Crippen molar-refractivity contribution in [3.05, 3.63) is 64.7 Å². The van der Waals surface area contributed by atoms with Gasteiger partial charge in [-0.15, -0.1) is 0 Å². The highest BCUT2D eigenvalue weighted by Crippen LogP contribution is 2.24. The quantitative estimate of drug-likeness (QED) is 0.366.